The molecule has 146 valence electrons. The average molecular weight is 423 g/mol. The van der Waals surface area contributed by atoms with E-state index < -0.39 is 0 Å². The van der Waals surface area contributed by atoms with Crippen LogP contribution in [-0.4, -0.2) is 18.9 Å². The Balaban J connectivity index is 1.60. The fourth-order valence-corrected chi connectivity index (χ4v) is 4.47. The maximum atomic E-state index is 12.9. The maximum Gasteiger partial charge on any atom is 0.259 e. The zero-order chi connectivity index (χ0) is 20.5. The number of fused-ring (bicyclic) bond motifs is 2. The number of rotatable bonds is 3. The van der Waals surface area contributed by atoms with Crippen molar-refractivity contribution >= 4 is 40.9 Å². The molecule has 1 N–H and O–H groups in total. The third-order valence-electron chi connectivity index (χ3n) is 4.94. The third-order valence-corrected chi connectivity index (χ3v) is 6.34. The summed E-state index contributed by atoms with van der Waals surface area (Å²) in [6, 6.07) is 20.2. The van der Waals surface area contributed by atoms with Gasteiger partial charge < -0.3 is 10.2 Å². The van der Waals surface area contributed by atoms with Crippen LogP contribution in [0.25, 0.3) is 0 Å². The van der Waals surface area contributed by atoms with Crippen molar-refractivity contribution < 1.29 is 9.59 Å². The summed E-state index contributed by atoms with van der Waals surface area (Å²) in [6.45, 7) is 1.92. The summed E-state index contributed by atoms with van der Waals surface area (Å²) in [5.74, 6) is -0.276. The number of nitrogens with zero attached hydrogens (tertiary/aromatic N) is 1. The van der Waals surface area contributed by atoms with Gasteiger partial charge in [-0.15, -0.1) is 0 Å². The van der Waals surface area contributed by atoms with Crippen molar-refractivity contribution in [3.63, 3.8) is 0 Å². The minimum absolute atomic E-state index is 0.0843. The molecule has 3 aromatic carbocycles. The van der Waals surface area contributed by atoms with Crippen molar-refractivity contribution in [1.82, 2.24) is 5.32 Å². The molecule has 1 aliphatic rings. The molecule has 0 fully saturated rings. The van der Waals surface area contributed by atoms with Crippen LogP contribution >= 0.6 is 23.4 Å². The summed E-state index contributed by atoms with van der Waals surface area (Å²) in [5.41, 5.74) is 2.87. The number of anilines is 1. The van der Waals surface area contributed by atoms with Crippen LogP contribution in [0, 0.1) is 0 Å². The third kappa shape index (κ3) is 3.88. The molecular formula is C23H19ClN2O2S. The van der Waals surface area contributed by atoms with Gasteiger partial charge in [-0.05, 0) is 55.0 Å². The highest BCUT2D eigenvalue weighted by Crippen LogP contribution is 2.41. The van der Waals surface area contributed by atoms with Gasteiger partial charge in [0.05, 0.1) is 17.3 Å². The molecule has 0 radical (unpaired) electrons. The quantitative estimate of drug-likeness (QED) is 0.600. The second-order valence-electron chi connectivity index (χ2n) is 6.89. The fraction of sp³-hybridized carbons (Fsp3) is 0.130. The van der Waals surface area contributed by atoms with Crippen molar-refractivity contribution in [2.24, 2.45) is 0 Å². The molecule has 1 heterocycles. The van der Waals surface area contributed by atoms with Gasteiger partial charge in [0.25, 0.3) is 11.8 Å². The molecule has 3 aromatic rings. The average Bonchev–Trinajstić information content (AvgIpc) is 2.83. The molecule has 2 amide bonds. The SMILES string of the molecule is C[C@H](NC(=O)c1ccc2c(c1)N(C)C(=O)c1ccccc1S2)c1ccc(Cl)cc1. The first-order valence-electron chi connectivity index (χ1n) is 9.19. The van der Waals surface area contributed by atoms with Crippen LogP contribution in [-0.2, 0) is 0 Å². The Morgan fingerprint density at radius 1 is 1.03 bits per heavy atom. The smallest absolute Gasteiger partial charge is 0.259 e. The van der Waals surface area contributed by atoms with Crippen LogP contribution < -0.4 is 10.2 Å². The molecule has 1 aliphatic heterocycles. The Morgan fingerprint density at radius 3 is 2.52 bits per heavy atom. The summed E-state index contributed by atoms with van der Waals surface area (Å²) in [6.07, 6.45) is 0. The van der Waals surface area contributed by atoms with Crippen LogP contribution in [0.5, 0.6) is 0 Å². The normalized spacial score (nSPS) is 13.9. The Bertz CT molecular complexity index is 1100. The molecule has 0 saturated heterocycles. The Labute approximate surface area is 178 Å². The van der Waals surface area contributed by atoms with Crippen molar-refractivity contribution in [2.75, 3.05) is 11.9 Å². The number of benzene rings is 3. The van der Waals surface area contributed by atoms with Crippen LogP contribution in [0.1, 0.15) is 39.2 Å². The first kappa shape index (κ1) is 19.6. The van der Waals surface area contributed by atoms with Gasteiger partial charge in [-0.25, -0.2) is 0 Å². The number of amides is 2. The fourth-order valence-electron chi connectivity index (χ4n) is 3.26. The van der Waals surface area contributed by atoms with Gasteiger partial charge in [0.1, 0.15) is 0 Å². The monoisotopic (exact) mass is 422 g/mol. The van der Waals surface area contributed by atoms with Gasteiger partial charge in [0.15, 0.2) is 0 Å². The Kier molecular flexibility index (Phi) is 5.35. The van der Waals surface area contributed by atoms with Crippen LogP contribution in [0.2, 0.25) is 5.02 Å². The molecule has 0 unspecified atom stereocenters. The van der Waals surface area contributed by atoms with E-state index in [4.69, 9.17) is 11.6 Å². The molecule has 0 bridgehead atoms. The molecule has 29 heavy (non-hydrogen) atoms. The standard InChI is InChI=1S/C23H19ClN2O2S/c1-14(15-7-10-17(24)11-8-15)25-22(27)16-9-12-21-19(13-16)26(2)23(28)18-5-3-4-6-20(18)29-21/h3-14H,1-2H3,(H,25,27)/t14-/m0/s1. The van der Waals surface area contributed by atoms with E-state index in [-0.39, 0.29) is 17.9 Å². The molecule has 4 nitrogen and oxygen atoms in total. The van der Waals surface area contributed by atoms with E-state index in [9.17, 15) is 9.59 Å². The second-order valence-corrected chi connectivity index (χ2v) is 8.41. The summed E-state index contributed by atoms with van der Waals surface area (Å²) in [4.78, 5) is 29.2. The van der Waals surface area contributed by atoms with Crippen LogP contribution in [0.15, 0.2) is 76.5 Å². The van der Waals surface area contributed by atoms with Crippen molar-refractivity contribution in [2.45, 2.75) is 22.8 Å². The highest BCUT2D eigenvalue weighted by Gasteiger charge is 2.25. The van der Waals surface area contributed by atoms with Gasteiger partial charge in [0.2, 0.25) is 0 Å². The Hall–Kier alpha value is -2.76. The van der Waals surface area contributed by atoms with E-state index in [0.717, 1.165) is 21.0 Å². The number of carbonyl (C=O) groups excluding carboxylic acids is 2. The molecule has 0 spiro atoms. The van der Waals surface area contributed by atoms with Gasteiger partial charge in [-0.1, -0.05) is 47.6 Å². The lowest BCUT2D eigenvalue weighted by Crippen LogP contribution is -2.28. The lowest BCUT2D eigenvalue weighted by Gasteiger charge is -2.19. The second kappa shape index (κ2) is 7.93. The molecular weight excluding hydrogens is 404 g/mol. The summed E-state index contributed by atoms with van der Waals surface area (Å²) < 4.78 is 0. The number of carbonyl (C=O) groups is 2. The van der Waals surface area contributed by atoms with Gasteiger partial charge >= 0.3 is 0 Å². The highest BCUT2D eigenvalue weighted by atomic mass is 35.5. The van der Waals surface area contributed by atoms with Crippen molar-refractivity contribution in [1.29, 1.82) is 0 Å². The molecule has 0 aromatic heterocycles. The van der Waals surface area contributed by atoms with Crippen molar-refractivity contribution in [3.05, 3.63) is 88.4 Å². The minimum atomic E-state index is -0.192. The molecule has 0 aliphatic carbocycles. The lowest BCUT2D eigenvalue weighted by atomic mass is 10.1. The van der Waals surface area contributed by atoms with Gasteiger partial charge in [-0.2, -0.15) is 0 Å². The number of halogens is 1. The molecule has 4 rings (SSSR count). The van der Waals surface area contributed by atoms with E-state index >= 15 is 0 Å². The first-order chi connectivity index (χ1) is 13.9. The topological polar surface area (TPSA) is 49.4 Å². The highest BCUT2D eigenvalue weighted by molar-refractivity contribution is 7.99. The minimum Gasteiger partial charge on any atom is -0.346 e. The van der Waals surface area contributed by atoms with Gasteiger partial charge in [-0.3, -0.25) is 9.59 Å². The lowest BCUT2D eigenvalue weighted by molar-refractivity contribution is 0.0937. The van der Waals surface area contributed by atoms with Crippen molar-refractivity contribution in [3.8, 4) is 0 Å². The zero-order valence-electron chi connectivity index (χ0n) is 16.0. The van der Waals surface area contributed by atoms with Gasteiger partial charge in [0, 0.05) is 27.4 Å². The first-order valence-corrected chi connectivity index (χ1v) is 10.4. The predicted molar refractivity (Wildman–Crippen MR) is 117 cm³/mol. The predicted octanol–water partition coefficient (Wildman–Crippen LogP) is 5.57. The number of nitrogens with one attached hydrogen (secondary N) is 1. The largest absolute Gasteiger partial charge is 0.346 e. The molecule has 0 saturated carbocycles. The summed E-state index contributed by atoms with van der Waals surface area (Å²) >= 11 is 7.47. The van der Waals surface area contributed by atoms with Crippen LogP contribution in [0.4, 0.5) is 5.69 Å². The number of hydrogen-bond donors (Lipinski definition) is 1. The van der Waals surface area contributed by atoms with E-state index in [1.807, 2.05) is 49.4 Å². The molecule has 1 atom stereocenters. The Morgan fingerprint density at radius 2 is 1.76 bits per heavy atom. The zero-order valence-corrected chi connectivity index (χ0v) is 17.6. The summed E-state index contributed by atoms with van der Waals surface area (Å²) in [7, 11) is 1.74. The van der Waals surface area contributed by atoms with E-state index in [2.05, 4.69) is 5.32 Å². The van der Waals surface area contributed by atoms with E-state index in [1.54, 1.807) is 36.2 Å². The molecule has 6 heteroatoms. The van der Waals surface area contributed by atoms with E-state index in [1.165, 1.54) is 11.8 Å². The van der Waals surface area contributed by atoms with E-state index in [0.29, 0.717) is 16.1 Å². The number of hydrogen-bond acceptors (Lipinski definition) is 3. The summed E-state index contributed by atoms with van der Waals surface area (Å²) in [5, 5.41) is 3.66. The van der Waals surface area contributed by atoms with Crippen LogP contribution in [0.3, 0.4) is 0 Å². The maximum absolute atomic E-state index is 12.9.